The molecule has 0 aliphatic carbocycles. The maximum atomic E-state index is 12.5. The minimum atomic E-state index is -0.930. The number of hydrogen-bond donors (Lipinski definition) is 1. The van der Waals surface area contributed by atoms with Crippen LogP contribution in [0.25, 0.3) is 0 Å². The molecule has 3 unspecified atom stereocenters. The van der Waals surface area contributed by atoms with Crippen molar-refractivity contribution in [2.75, 3.05) is 4.90 Å². The van der Waals surface area contributed by atoms with Gasteiger partial charge in [0.1, 0.15) is 0 Å². The van der Waals surface area contributed by atoms with Crippen molar-refractivity contribution in [3.63, 3.8) is 0 Å². The highest BCUT2D eigenvalue weighted by Gasteiger charge is 2.36. The maximum Gasteiger partial charge on any atom is 0.307 e. The van der Waals surface area contributed by atoms with E-state index in [1.807, 2.05) is 31.2 Å². The Bertz CT molecular complexity index is 512. The molecule has 0 bridgehead atoms. The molecule has 4 nitrogen and oxygen atoms in total. The molecule has 1 aromatic carbocycles. The van der Waals surface area contributed by atoms with Crippen molar-refractivity contribution in [3.8, 4) is 0 Å². The van der Waals surface area contributed by atoms with E-state index in [2.05, 4.69) is 0 Å². The SMILES string of the molecule is CC(C(=O)O)C(C)C(=O)N1c2ccccc2CC1C. The third-order valence-electron chi connectivity index (χ3n) is 3.97. The number of carboxylic acid groups (broad SMARTS) is 1. The highest BCUT2D eigenvalue weighted by molar-refractivity contribution is 5.99. The van der Waals surface area contributed by atoms with Crippen LogP contribution >= 0.6 is 0 Å². The molecule has 2 rings (SSSR count). The highest BCUT2D eigenvalue weighted by Crippen LogP contribution is 2.33. The summed E-state index contributed by atoms with van der Waals surface area (Å²) in [5, 5.41) is 9.03. The van der Waals surface area contributed by atoms with Gasteiger partial charge in [-0.2, -0.15) is 0 Å². The minimum Gasteiger partial charge on any atom is -0.481 e. The first kappa shape index (κ1) is 13.6. The second-order valence-electron chi connectivity index (χ2n) is 5.31. The average Bonchev–Trinajstić information content (AvgIpc) is 2.71. The van der Waals surface area contributed by atoms with Crippen molar-refractivity contribution in [2.45, 2.75) is 33.2 Å². The van der Waals surface area contributed by atoms with E-state index >= 15 is 0 Å². The molecule has 4 heteroatoms. The number of aliphatic carboxylic acids is 1. The largest absolute Gasteiger partial charge is 0.481 e. The Morgan fingerprint density at radius 3 is 2.53 bits per heavy atom. The second-order valence-corrected chi connectivity index (χ2v) is 5.31. The first-order valence-corrected chi connectivity index (χ1v) is 6.57. The van der Waals surface area contributed by atoms with Crippen molar-refractivity contribution >= 4 is 17.6 Å². The quantitative estimate of drug-likeness (QED) is 0.908. The Morgan fingerprint density at radius 2 is 1.89 bits per heavy atom. The van der Waals surface area contributed by atoms with Crippen LogP contribution in [0, 0.1) is 11.8 Å². The summed E-state index contributed by atoms with van der Waals surface area (Å²) in [4.78, 5) is 25.3. The van der Waals surface area contributed by atoms with E-state index < -0.39 is 17.8 Å². The molecule has 1 N–H and O–H groups in total. The van der Waals surface area contributed by atoms with Crippen molar-refractivity contribution in [3.05, 3.63) is 29.8 Å². The predicted octanol–water partition coefficient (Wildman–Crippen LogP) is 2.32. The van der Waals surface area contributed by atoms with Gasteiger partial charge in [0.25, 0.3) is 0 Å². The minimum absolute atomic E-state index is 0.0911. The summed E-state index contributed by atoms with van der Waals surface area (Å²) in [5.74, 6) is -2.23. The molecule has 19 heavy (non-hydrogen) atoms. The van der Waals surface area contributed by atoms with Crippen LogP contribution in [0.2, 0.25) is 0 Å². The lowest BCUT2D eigenvalue weighted by Crippen LogP contribution is -2.42. The third kappa shape index (κ3) is 2.35. The number of para-hydroxylation sites is 1. The summed E-state index contributed by atoms with van der Waals surface area (Å²) >= 11 is 0. The lowest BCUT2D eigenvalue weighted by Gasteiger charge is -2.27. The zero-order valence-electron chi connectivity index (χ0n) is 11.5. The van der Waals surface area contributed by atoms with Gasteiger partial charge < -0.3 is 10.0 Å². The molecule has 0 spiro atoms. The number of benzene rings is 1. The van der Waals surface area contributed by atoms with Gasteiger partial charge in [-0.15, -0.1) is 0 Å². The molecule has 0 fully saturated rings. The van der Waals surface area contributed by atoms with Crippen molar-refractivity contribution < 1.29 is 14.7 Å². The van der Waals surface area contributed by atoms with Gasteiger partial charge >= 0.3 is 5.97 Å². The fourth-order valence-corrected chi connectivity index (χ4v) is 2.55. The lowest BCUT2D eigenvalue weighted by atomic mass is 9.94. The number of rotatable bonds is 3. The lowest BCUT2D eigenvalue weighted by molar-refractivity contribution is -0.145. The maximum absolute atomic E-state index is 12.5. The molecule has 1 aromatic rings. The first-order chi connectivity index (χ1) is 8.93. The molecule has 1 amide bonds. The van der Waals surface area contributed by atoms with Crippen LogP contribution in [0.15, 0.2) is 24.3 Å². The van der Waals surface area contributed by atoms with Crippen LogP contribution in [-0.2, 0) is 16.0 Å². The Kier molecular flexibility index (Phi) is 3.60. The summed E-state index contributed by atoms with van der Waals surface area (Å²) < 4.78 is 0. The van der Waals surface area contributed by atoms with E-state index in [1.54, 1.807) is 18.7 Å². The Morgan fingerprint density at radius 1 is 1.26 bits per heavy atom. The standard InChI is InChI=1S/C15H19NO3/c1-9-8-12-6-4-5-7-13(12)16(9)14(17)10(2)11(3)15(18)19/h4-7,9-11H,8H2,1-3H3,(H,18,19). The van der Waals surface area contributed by atoms with E-state index in [4.69, 9.17) is 5.11 Å². The van der Waals surface area contributed by atoms with Gasteiger partial charge in [-0.3, -0.25) is 9.59 Å². The monoisotopic (exact) mass is 261 g/mol. The third-order valence-corrected chi connectivity index (χ3v) is 3.97. The molecule has 0 saturated carbocycles. The highest BCUT2D eigenvalue weighted by atomic mass is 16.4. The number of fused-ring (bicyclic) bond motifs is 1. The molecule has 0 saturated heterocycles. The molecule has 1 aliphatic rings. The molecule has 1 aliphatic heterocycles. The molecular weight excluding hydrogens is 242 g/mol. The molecule has 3 atom stereocenters. The van der Waals surface area contributed by atoms with Gasteiger partial charge in [0.15, 0.2) is 0 Å². The summed E-state index contributed by atoms with van der Waals surface area (Å²) in [5.41, 5.74) is 2.07. The summed E-state index contributed by atoms with van der Waals surface area (Å²) in [6, 6.07) is 7.90. The van der Waals surface area contributed by atoms with Crippen LogP contribution in [0.4, 0.5) is 5.69 Å². The molecule has 0 radical (unpaired) electrons. The van der Waals surface area contributed by atoms with Gasteiger partial charge in [0, 0.05) is 17.6 Å². The van der Waals surface area contributed by atoms with Crippen molar-refractivity contribution in [2.24, 2.45) is 11.8 Å². The van der Waals surface area contributed by atoms with E-state index in [0.717, 1.165) is 17.7 Å². The number of carboxylic acids is 1. The summed E-state index contributed by atoms with van der Waals surface area (Å²) in [6.45, 7) is 5.27. The number of carbonyl (C=O) groups excluding carboxylic acids is 1. The van der Waals surface area contributed by atoms with Crippen LogP contribution in [0.5, 0.6) is 0 Å². The Hall–Kier alpha value is -1.84. The van der Waals surface area contributed by atoms with Crippen LogP contribution in [0.3, 0.4) is 0 Å². The van der Waals surface area contributed by atoms with Crippen LogP contribution in [-0.4, -0.2) is 23.0 Å². The average molecular weight is 261 g/mol. The van der Waals surface area contributed by atoms with Crippen molar-refractivity contribution in [1.82, 2.24) is 0 Å². The van der Waals surface area contributed by atoms with E-state index in [-0.39, 0.29) is 11.9 Å². The zero-order valence-corrected chi connectivity index (χ0v) is 11.5. The van der Waals surface area contributed by atoms with Gasteiger partial charge in [-0.25, -0.2) is 0 Å². The molecule has 0 aromatic heterocycles. The Balaban J connectivity index is 2.27. The molecule has 102 valence electrons. The van der Waals surface area contributed by atoms with Crippen LogP contribution < -0.4 is 4.90 Å². The van der Waals surface area contributed by atoms with E-state index in [1.165, 1.54) is 0 Å². The smallest absolute Gasteiger partial charge is 0.307 e. The fourth-order valence-electron chi connectivity index (χ4n) is 2.55. The van der Waals surface area contributed by atoms with Gasteiger partial charge in [0.2, 0.25) is 5.91 Å². The number of nitrogens with zero attached hydrogens (tertiary/aromatic N) is 1. The number of amides is 1. The van der Waals surface area contributed by atoms with Gasteiger partial charge in [-0.05, 0) is 25.0 Å². The Labute approximate surface area is 113 Å². The van der Waals surface area contributed by atoms with E-state index in [9.17, 15) is 9.59 Å². The predicted molar refractivity (Wildman–Crippen MR) is 73.1 cm³/mol. The summed E-state index contributed by atoms with van der Waals surface area (Å²) in [7, 11) is 0. The number of anilines is 1. The fraction of sp³-hybridized carbons (Fsp3) is 0.467. The van der Waals surface area contributed by atoms with Crippen molar-refractivity contribution in [1.29, 1.82) is 0 Å². The molecule has 1 heterocycles. The molecular formula is C15H19NO3. The second kappa shape index (κ2) is 5.03. The summed E-state index contributed by atoms with van der Waals surface area (Å²) in [6.07, 6.45) is 0.829. The van der Waals surface area contributed by atoms with Gasteiger partial charge in [-0.1, -0.05) is 32.0 Å². The van der Waals surface area contributed by atoms with E-state index in [0.29, 0.717) is 0 Å². The number of carbonyl (C=O) groups is 2. The normalized spacial score (nSPS) is 20.8. The topological polar surface area (TPSA) is 57.6 Å². The first-order valence-electron chi connectivity index (χ1n) is 6.57. The van der Waals surface area contributed by atoms with Gasteiger partial charge in [0.05, 0.1) is 5.92 Å². The van der Waals surface area contributed by atoms with Crippen LogP contribution in [0.1, 0.15) is 26.3 Å². The zero-order chi connectivity index (χ0) is 14.2. The number of hydrogen-bond acceptors (Lipinski definition) is 2.